The van der Waals surface area contributed by atoms with Crippen molar-refractivity contribution >= 4 is 29.5 Å². The third-order valence-electron chi connectivity index (χ3n) is 6.85. The van der Waals surface area contributed by atoms with Gasteiger partial charge in [-0.25, -0.2) is 9.97 Å². The van der Waals surface area contributed by atoms with Gasteiger partial charge in [-0.2, -0.15) is 0 Å². The predicted octanol–water partition coefficient (Wildman–Crippen LogP) is 5.94. The van der Waals surface area contributed by atoms with Gasteiger partial charge in [0, 0.05) is 49.8 Å². The summed E-state index contributed by atoms with van der Waals surface area (Å²) in [6.45, 7) is 8.31. The topological polar surface area (TPSA) is 75.6 Å². The molecule has 1 fully saturated rings. The molecule has 2 heterocycles. The van der Waals surface area contributed by atoms with E-state index in [2.05, 4.69) is 56.1 Å². The third-order valence-corrected chi connectivity index (χ3v) is 7.77. The summed E-state index contributed by atoms with van der Waals surface area (Å²) in [4.78, 5) is 38.8. The second kappa shape index (κ2) is 13.6. The second-order valence-corrected chi connectivity index (χ2v) is 11.2. The zero-order valence-corrected chi connectivity index (χ0v) is 24.1. The molecular formula is C31H38N4O3S. The number of benzene rings is 2. The SMILES string of the molecule is CCOC(=O)C1CCCN(C(=O)c2ccc(CSc3nc(C(C)C)cc(N(C)Cc4ccccc4)n3)cc2)C1. The minimum Gasteiger partial charge on any atom is -0.466 e. The van der Waals surface area contributed by atoms with Crippen LogP contribution in [0.2, 0.25) is 0 Å². The Hall–Kier alpha value is -3.39. The van der Waals surface area contributed by atoms with Crippen LogP contribution in [0.25, 0.3) is 0 Å². The van der Waals surface area contributed by atoms with Gasteiger partial charge < -0.3 is 14.5 Å². The van der Waals surface area contributed by atoms with E-state index >= 15 is 0 Å². The lowest BCUT2D eigenvalue weighted by molar-refractivity contribution is -0.149. The molecule has 0 spiro atoms. The first-order chi connectivity index (χ1) is 18.8. The lowest BCUT2D eigenvalue weighted by Gasteiger charge is -2.31. The Labute approximate surface area is 236 Å². The van der Waals surface area contributed by atoms with E-state index in [4.69, 9.17) is 14.7 Å². The summed E-state index contributed by atoms with van der Waals surface area (Å²) in [6.07, 6.45) is 1.57. The van der Waals surface area contributed by atoms with Gasteiger partial charge in [-0.1, -0.05) is 68.1 Å². The van der Waals surface area contributed by atoms with Crippen molar-refractivity contribution in [3.05, 3.63) is 83.0 Å². The molecule has 39 heavy (non-hydrogen) atoms. The number of carbonyl (C=O) groups is 2. The summed E-state index contributed by atoms with van der Waals surface area (Å²) in [5, 5.41) is 0.745. The van der Waals surface area contributed by atoms with Gasteiger partial charge in [0.25, 0.3) is 5.91 Å². The molecule has 1 aliphatic rings. The molecule has 4 rings (SSSR count). The average Bonchev–Trinajstić information content (AvgIpc) is 2.96. The van der Waals surface area contributed by atoms with Crippen molar-refractivity contribution in [1.29, 1.82) is 0 Å². The lowest BCUT2D eigenvalue weighted by atomic mass is 9.97. The van der Waals surface area contributed by atoms with Gasteiger partial charge in [0.05, 0.1) is 12.5 Å². The summed E-state index contributed by atoms with van der Waals surface area (Å²) in [6, 6.07) is 20.2. The fraction of sp³-hybridized carbons (Fsp3) is 0.419. The normalized spacial score (nSPS) is 15.3. The van der Waals surface area contributed by atoms with E-state index in [1.807, 2.05) is 30.3 Å². The molecule has 1 atom stereocenters. The highest BCUT2D eigenvalue weighted by molar-refractivity contribution is 7.98. The number of piperidine rings is 1. The summed E-state index contributed by atoms with van der Waals surface area (Å²) in [5.41, 5.74) is 3.98. The van der Waals surface area contributed by atoms with Crippen LogP contribution in [0.15, 0.2) is 65.8 Å². The summed E-state index contributed by atoms with van der Waals surface area (Å²) >= 11 is 1.60. The van der Waals surface area contributed by atoms with Crippen molar-refractivity contribution in [1.82, 2.24) is 14.9 Å². The first-order valence-corrected chi connectivity index (χ1v) is 14.6. The Kier molecular flexibility index (Phi) is 9.98. The van der Waals surface area contributed by atoms with Gasteiger partial charge in [-0.05, 0) is 48.9 Å². The Morgan fingerprint density at radius 1 is 1.08 bits per heavy atom. The fourth-order valence-corrected chi connectivity index (χ4v) is 5.43. The van der Waals surface area contributed by atoms with Crippen molar-refractivity contribution in [2.75, 3.05) is 31.6 Å². The van der Waals surface area contributed by atoms with Crippen LogP contribution in [0, 0.1) is 5.92 Å². The van der Waals surface area contributed by atoms with Crippen molar-refractivity contribution in [3.8, 4) is 0 Å². The van der Waals surface area contributed by atoms with Crippen molar-refractivity contribution < 1.29 is 14.3 Å². The van der Waals surface area contributed by atoms with Gasteiger partial charge in [-0.15, -0.1) is 0 Å². The third kappa shape index (κ3) is 7.82. The highest BCUT2D eigenvalue weighted by Gasteiger charge is 2.29. The Balaban J connectivity index is 1.39. The molecule has 1 unspecified atom stereocenters. The molecule has 7 nitrogen and oxygen atoms in total. The van der Waals surface area contributed by atoms with E-state index in [-0.39, 0.29) is 17.8 Å². The highest BCUT2D eigenvalue weighted by Crippen LogP contribution is 2.27. The monoisotopic (exact) mass is 546 g/mol. The summed E-state index contributed by atoms with van der Waals surface area (Å²) < 4.78 is 5.17. The Bertz CT molecular complexity index is 1250. The quantitative estimate of drug-likeness (QED) is 0.177. The molecule has 8 heteroatoms. The maximum absolute atomic E-state index is 13.1. The molecule has 3 aromatic rings. The van der Waals surface area contributed by atoms with Crippen LogP contribution in [-0.2, 0) is 21.8 Å². The number of thioether (sulfide) groups is 1. The molecule has 0 N–H and O–H groups in total. The number of esters is 1. The fourth-order valence-electron chi connectivity index (χ4n) is 4.61. The number of hydrogen-bond donors (Lipinski definition) is 0. The molecule has 1 saturated heterocycles. The number of amides is 1. The smallest absolute Gasteiger partial charge is 0.310 e. The maximum atomic E-state index is 13.1. The molecule has 1 amide bonds. The van der Waals surface area contributed by atoms with Gasteiger partial charge in [0.1, 0.15) is 5.82 Å². The number of likely N-dealkylation sites (tertiary alicyclic amines) is 1. The molecule has 2 aromatic carbocycles. The van der Waals surface area contributed by atoms with Crippen LogP contribution in [0.1, 0.15) is 66.7 Å². The van der Waals surface area contributed by atoms with Crippen LogP contribution >= 0.6 is 11.8 Å². The van der Waals surface area contributed by atoms with E-state index in [1.165, 1.54) is 5.56 Å². The zero-order valence-electron chi connectivity index (χ0n) is 23.3. The van der Waals surface area contributed by atoms with E-state index < -0.39 is 0 Å². The van der Waals surface area contributed by atoms with Gasteiger partial charge >= 0.3 is 5.97 Å². The summed E-state index contributed by atoms with van der Waals surface area (Å²) in [5.74, 6) is 1.41. The van der Waals surface area contributed by atoms with Gasteiger partial charge in [0.15, 0.2) is 5.16 Å². The van der Waals surface area contributed by atoms with Crippen LogP contribution in [-0.4, -0.2) is 53.5 Å². The number of nitrogens with zero attached hydrogens (tertiary/aromatic N) is 4. The molecule has 1 aromatic heterocycles. The van der Waals surface area contributed by atoms with Crippen LogP contribution in [0.3, 0.4) is 0 Å². The van der Waals surface area contributed by atoms with E-state index in [1.54, 1.807) is 23.6 Å². The van der Waals surface area contributed by atoms with Crippen molar-refractivity contribution in [2.24, 2.45) is 5.92 Å². The largest absolute Gasteiger partial charge is 0.466 e. The molecule has 0 bridgehead atoms. The van der Waals surface area contributed by atoms with Crippen molar-refractivity contribution in [2.45, 2.75) is 57.0 Å². The Morgan fingerprint density at radius 2 is 1.82 bits per heavy atom. The van der Waals surface area contributed by atoms with E-state index in [9.17, 15) is 9.59 Å². The predicted molar refractivity (Wildman–Crippen MR) is 156 cm³/mol. The van der Waals surface area contributed by atoms with Gasteiger partial charge in [-0.3, -0.25) is 9.59 Å². The molecule has 0 radical (unpaired) electrons. The zero-order chi connectivity index (χ0) is 27.8. The standard InChI is InChI=1S/C31H38N4O3S/c1-5-38-30(37)26-12-9-17-35(20-26)29(36)25-15-13-24(14-16-25)21-39-31-32-27(22(2)3)18-28(33-31)34(4)19-23-10-7-6-8-11-23/h6-8,10-11,13-16,18,22,26H,5,9,12,17,19-21H2,1-4H3. The molecule has 1 aliphatic heterocycles. The number of rotatable bonds is 10. The Morgan fingerprint density at radius 3 is 2.51 bits per heavy atom. The number of hydrogen-bond acceptors (Lipinski definition) is 7. The van der Waals surface area contributed by atoms with Crippen molar-refractivity contribution in [3.63, 3.8) is 0 Å². The number of ether oxygens (including phenoxy) is 1. The number of anilines is 1. The number of aromatic nitrogens is 2. The van der Waals surface area contributed by atoms with Crippen LogP contribution in [0.4, 0.5) is 5.82 Å². The number of carbonyl (C=O) groups excluding carboxylic acids is 2. The summed E-state index contributed by atoms with van der Waals surface area (Å²) in [7, 11) is 2.06. The molecule has 0 aliphatic carbocycles. The highest BCUT2D eigenvalue weighted by atomic mass is 32.2. The second-order valence-electron chi connectivity index (χ2n) is 10.3. The van der Waals surface area contributed by atoms with E-state index in [0.29, 0.717) is 36.9 Å². The molecule has 206 valence electrons. The lowest BCUT2D eigenvalue weighted by Crippen LogP contribution is -2.42. The van der Waals surface area contributed by atoms with E-state index in [0.717, 1.165) is 41.6 Å². The van der Waals surface area contributed by atoms with Crippen LogP contribution in [0.5, 0.6) is 0 Å². The minimum atomic E-state index is -0.239. The average molecular weight is 547 g/mol. The molecular weight excluding hydrogens is 508 g/mol. The minimum absolute atomic E-state index is 0.0396. The maximum Gasteiger partial charge on any atom is 0.310 e. The first-order valence-electron chi connectivity index (χ1n) is 13.7. The molecule has 0 saturated carbocycles. The van der Waals surface area contributed by atoms with Gasteiger partial charge in [0.2, 0.25) is 0 Å². The first kappa shape index (κ1) is 28.6. The van der Waals surface area contributed by atoms with Crippen LogP contribution < -0.4 is 4.90 Å².